The van der Waals surface area contributed by atoms with Crippen LogP contribution in [0.3, 0.4) is 0 Å². The summed E-state index contributed by atoms with van der Waals surface area (Å²) < 4.78 is 11.0. The lowest BCUT2D eigenvalue weighted by Gasteiger charge is -2.40. The van der Waals surface area contributed by atoms with Crippen molar-refractivity contribution in [1.29, 1.82) is 0 Å². The molecule has 122 valence electrons. The van der Waals surface area contributed by atoms with Gasteiger partial charge in [-0.2, -0.15) is 0 Å². The molecule has 0 bridgehead atoms. The van der Waals surface area contributed by atoms with E-state index in [9.17, 15) is 0 Å². The summed E-state index contributed by atoms with van der Waals surface area (Å²) in [5, 5.41) is 4.18. The fraction of sp³-hybridized carbons (Fsp3) is 0.824. The Kier molecular flexibility index (Phi) is 3.96. The van der Waals surface area contributed by atoms with Gasteiger partial charge in [0, 0.05) is 57.9 Å². The van der Waals surface area contributed by atoms with Gasteiger partial charge in [0.25, 0.3) is 0 Å². The lowest BCUT2D eigenvalue weighted by Crippen LogP contribution is -2.50. The summed E-state index contributed by atoms with van der Waals surface area (Å²) in [6.07, 6.45) is 4.42. The molecule has 4 rings (SSSR count). The van der Waals surface area contributed by atoms with E-state index in [4.69, 9.17) is 9.26 Å². The van der Waals surface area contributed by atoms with Crippen molar-refractivity contribution in [3.8, 4) is 0 Å². The lowest BCUT2D eigenvalue weighted by molar-refractivity contribution is -0.0250. The molecule has 5 heteroatoms. The van der Waals surface area contributed by atoms with Crippen molar-refractivity contribution in [3.05, 3.63) is 17.5 Å². The van der Waals surface area contributed by atoms with Crippen LogP contribution in [0.15, 0.2) is 10.6 Å². The van der Waals surface area contributed by atoms with Crippen LogP contribution in [0.5, 0.6) is 0 Å². The van der Waals surface area contributed by atoms with Crippen molar-refractivity contribution >= 4 is 0 Å². The van der Waals surface area contributed by atoms with Crippen LogP contribution < -0.4 is 0 Å². The number of ether oxygens (including phenoxy) is 1. The van der Waals surface area contributed by atoms with E-state index in [0.717, 1.165) is 36.9 Å². The molecule has 1 aliphatic carbocycles. The lowest BCUT2D eigenvalue weighted by atomic mass is 9.89. The van der Waals surface area contributed by atoms with E-state index in [0.29, 0.717) is 18.1 Å². The zero-order valence-electron chi connectivity index (χ0n) is 13.7. The van der Waals surface area contributed by atoms with Gasteiger partial charge in [-0.25, -0.2) is 0 Å². The Morgan fingerprint density at radius 1 is 1.32 bits per heavy atom. The fourth-order valence-corrected chi connectivity index (χ4v) is 4.32. The first kappa shape index (κ1) is 14.7. The largest absolute Gasteiger partial charge is 0.381 e. The Morgan fingerprint density at radius 3 is 2.86 bits per heavy atom. The highest BCUT2D eigenvalue weighted by atomic mass is 16.5. The van der Waals surface area contributed by atoms with Gasteiger partial charge in [0.2, 0.25) is 0 Å². The smallest absolute Gasteiger partial charge is 0.133 e. The fourth-order valence-electron chi connectivity index (χ4n) is 4.32. The summed E-state index contributed by atoms with van der Waals surface area (Å²) in [5.74, 6) is 2.51. The first-order valence-electron chi connectivity index (χ1n) is 8.64. The topological polar surface area (TPSA) is 41.7 Å². The number of hydrogen-bond acceptors (Lipinski definition) is 5. The number of piperidine rings is 1. The summed E-state index contributed by atoms with van der Waals surface area (Å²) >= 11 is 0. The summed E-state index contributed by atoms with van der Waals surface area (Å²) in [4.78, 5) is 5.27. The molecule has 2 aliphatic heterocycles. The van der Waals surface area contributed by atoms with Crippen LogP contribution in [0.4, 0.5) is 0 Å². The Bertz CT molecular complexity index is 514. The highest BCUT2D eigenvalue weighted by Crippen LogP contribution is 2.36. The summed E-state index contributed by atoms with van der Waals surface area (Å²) in [5.41, 5.74) is 1.06. The van der Waals surface area contributed by atoms with Gasteiger partial charge in [0.1, 0.15) is 5.76 Å². The molecule has 0 spiro atoms. The molecule has 5 nitrogen and oxygen atoms in total. The number of fused-ring (bicyclic) bond motifs is 1. The molecule has 22 heavy (non-hydrogen) atoms. The second kappa shape index (κ2) is 5.95. The molecule has 3 aliphatic rings. The van der Waals surface area contributed by atoms with E-state index >= 15 is 0 Å². The molecule has 1 aromatic rings. The van der Waals surface area contributed by atoms with Gasteiger partial charge in [-0.15, -0.1) is 0 Å². The number of methoxy groups -OCH3 is 1. The zero-order chi connectivity index (χ0) is 15.1. The highest BCUT2D eigenvalue weighted by molar-refractivity contribution is 5.06. The minimum atomic E-state index is 0.421. The minimum Gasteiger partial charge on any atom is -0.381 e. The van der Waals surface area contributed by atoms with Crippen molar-refractivity contribution < 1.29 is 9.26 Å². The number of aryl methyl sites for hydroxylation is 1. The minimum absolute atomic E-state index is 0.421. The van der Waals surface area contributed by atoms with Crippen LogP contribution in [0.1, 0.15) is 30.7 Å². The molecule has 0 unspecified atom stereocenters. The normalized spacial score (nSPS) is 33.3. The molecule has 1 aromatic heterocycles. The van der Waals surface area contributed by atoms with Crippen molar-refractivity contribution in [2.45, 2.75) is 44.9 Å². The van der Waals surface area contributed by atoms with Gasteiger partial charge in [0.15, 0.2) is 0 Å². The van der Waals surface area contributed by atoms with E-state index in [2.05, 4.69) is 21.0 Å². The summed E-state index contributed by atoms with van der Waals surface area (Å²) in [6, 6.07) is 2.67. The molecule has 3 fully saturated rings. The van der Waals surface area contributed by atoms with Gasteiger partial charge in [-0.05, 0) is 32.1 Å². The Hall–Kier alpha value is -0.910. The standard InChI is InChI=1S/C17H27N3O2/c1-12-7-14(18-22-12)9-20-6-5-17(21-2)15-10-19(11-16(15)20)8-13-3-4-13/h7,13,15-17H,3-6,8-11H2,1-2H3/t15-,16+,17-/m1/s1. The number of likely N-dealkylation sites (tertiary alicyclic amines) is 2. The highest BCUT2D eigenvalue weighted by Gasteiger charge is 2.45. The molecule has 0 N–H and O–H groups in total. The molecule has 3 atom stereocenters. The predicted molar refractivity (Wildman–Crippen MR) is 83.5 cm³/mol. The van der Waals surface area contributed by atoms with Crippen LogP contribution >= 0.6 is 0 Å². The van der Waals surface area contributed by atoms with Crippen LogP contribution in [-0.4, -0.2) is 60.4 Å². The van der Waals surface area contributed by atoms with E-state index in [1.807, 2.05) is 14.0 Å². The maximum atomic E-state index is 5.79. The maximum Gasteiger partial charge on any atom is 0.133 e. The van der Waals surface area contributed by atoms with Crippen LogP contribution in [0.25, 0.3) is 0 Å². The Balaban J connectivity index is 1.45. The third kappa shape index (κ3) is 2.94. The molecule has 0 amide bonds. The first-order valence-corrected chi connectivity index (χ1v) is 8.64. The molecule has 2 saturated heterocycles. The van der Waals surface area contributed by atoms with Crippen molar-refractivity contribution in [2.24, 2.45) is 11.8 Å². The number of rotatable bonds is 5. The Labute approximate surface area is 132 Å². The predicted octanol–water partition coefficient (Wildman–Crippen LogP) is 1.91. The van der Waals surface area contributed by atoms with Crippen molar-refractivity contribution in [2.75, 3.05) is 33.3 Å². The van der Waals surface area contributed by atoms with Gasteiger partial charge in [0.05, 0.1) is 11.8 Å². The molecule has 1 saturated carbocycles. The van der Waals surface area contributed by atoms with Crippen LogP contribution in [0.2, 0.25) is 0 Å². The van der Waals surface area contributed by atoms with Crippen LogP contribution in [0, 0.1) is 18.8 Å². The molecule has 0 radical (unpaired) electrons. The average molecular weight is 305 g/mol. The van der Waals surface area contributed by atoms with Crippen molar-refractivity contribution in [1.82, 2.24) is 15.0 Å². The Morgan fingerprint density at radius 2 is 2.18 bits per heavy atom. The number of hydrogen-bond donors (Lipinski definition) is 0. The van der Waals surface area contributed by atoms with Crippen molar-refractivity contribution in [3.63, 3.8) is 0 Å². The average Bonchev–Trinajstić information content (AvgIpc) is 3.05. The second-order valence-corrected chi connectivity index (χ2v) is 7.36. The molecular formula is C17H27N3O2. The van der Waals surface area contributed by atoms with Gasteiger partial charge in [-0.3, -0.25) is 4.90 Å². The first-order chi connectivity index (χ1) is 10.7. The van der Waals surface area contributed by atoms with Gasteiger partial charge < -0.3 is 14.2 Å². The molecule has 3 heterocycles. The number of aromatic nitrogens is 1. The maximum absolute atomic E-state index is 5.79. The van der Waals surface area contributed by atoms with Crippen LogP contribution in [-0.2, 0) is 11.3 Å². The van der Waals surface area contributed by atoms with E-state index in [1.54, 1.807) is 0 Å². The third-order valence-electron chi connectivity index (χ3n) is 5.61. The van der Waals surface area contributed by atoms with E-state index in [1.165, 1.54) is 32.5 Å². The van der Waals surface area contributed by atoms with E-state index in [-0.39, 0.29) is 0 Å². The zero-order valence-corrected chi connectivity index (χ0v) is 13.7. The third-order valence-corrected chi connectivity index (χ3v) is 5.61. The molecule has 0 aromatic carbocycles. The molecular weight excluding hydrogens is 278 g/mol. The summed E-state index contributed by atoms with van der Waals surface area (Å²) in [6.45, 7) is 7.66. The quantitative estimate of drug-likeness (QED) is 0.831. The number of nitrogens with zero attached hydrogens (tertiary/aromatic N) is 3. The second-order valence-electron chi connectivity index (χ2n) is 7.36. The van der Waals surface area contributed by atoms with E-state index < -0.39 is 0 Å². The van der Waals surface area contributed by atoms with Gasteiger partial charge in [-0.1, -0.05) is 5.16 Å². The monoisotopic (exact) mass is 305 g/mol. The summed E-state index contributed by atoms with van der Waals surface area (Å²) in [7, 11) is 1.88. The van der Waals surface area contributed by atoms with Gasteiger partial charge >= 0.3 is 0 Å². The SMILES string of the molecule is CO[C@@H]1CCN(Cc2cc(C)on2)[C@H]2CN(CC3CC3)C[C@@H]12.